The number of hydrogen-bond donors (Lipinski definition) is 1. The third-order valence-electron chi connectivity index (χ3n) is 5.60. The number of anilines is 2. The van der Waals surface area contributed by atoms with Crippen molar-refractivity contribution in [2.24, 2.45) is 0 Å². The summed E-state index contributed by atoms with van der Waals surface area (Å²) in [5, 5.41) is 6.91. The number of hydrogen-bond acceptors (Lipinski definition) is 5. The van der Waals surface area contributed by atoms with Crippen molar-refractivity contribution >= 4 is 17.9 Å². The molecule has 1 aliphatic rings. The van der Waals surface area contributed by atoms with Crippen LogP contribution in [0.4, 0.5) is 20.4 Å². The quantitative estimate of drug-likeness (QED) is 0.374. The highest BCUT2D eigenvalue weighted by molar-refractivity contribution is 5.73. The third-order valence-corrected chi connectivity index (χ3v) is 5.60. The Morgan fingerprint density at radius 1 is 1.15 bits per heavy atom. The average Bonchev–Trinajstić information content (AvgIpc) is 3.21. The van der Waals surface area contributed by atoms with E-state index < -0.39 is 17.2 Å². The Kier molecular flexibility index (Phi) is 4.98. The maximum Gasteiger partial charge on any atom is 0.211 e. The smallest absolute Gasteiger partial charge is 0.211 e. The number of pyridine rings is 1. The molecule has 0 bridgehead atoms. The molecule has 1 aromatic carbocycles. The van der Waals surface area contributed by atoms with Crippen molar-refractivity contribution < 1.29 is 13.6 Å². The number of imidazole rings is 1. The van der Waals surface area contributed by atoms with Gasteiger partial charge in [0.2, 0.25) is 5.95 Å². The Bertz CT molecular complexity index is 1360. The van der Waals surface area contributed by atoms with Crippen molar-refractivity contribution in [3.05, 3.63) is 77.9 Å². The van der Waals surface area contributed by atoms with E-state index in [0.29, 0.717) is 29.8 Å². The molecule has 9 heteroatoms. The Morgan fingerprint density at radius 3 is 2.52 bits per heavy atom. The van der Waals surface area contributed by atoms with E-state index in [-0.39, 0.29) is 17.2 Å². The molecule has 1 saturated carbocycles. The maximum atomic E-state index is 15.1. The SMILES string of the molecule is CN(c1c(F)cc(C#Cc2cccnc2)cc1F)c1ncc(-c2cc[nH]n2)n1C1(C=O)CC1. The van der Waals surface area contributed by atoms with Crippen molar-refractivity contribution in [3.63, 3.8) is 0 Å². The van der Waals surface area contributed by atoms with E-state index in [0.717, 1.165) is 6.29 Å². The van der Waals surface area contributed by atoms with Gasteiger partial charge >= 0.3 is 0 Å². The van der Waals surface area contributed by atoms with Gasteiger partial charge in [-0.15, -0.1) is 0 Å². The molecule has 164 valence electrons. The number of H-pyrrole nitrogens is 1. The molecule has 3 aromatic heterocycles. The minimum absolute atomic E-state index is 0.193. The molecule has 1 aliphatic carbocycles. The highest BCUT2D eigenvalue weighted by Crippen LogP contribution is 2.47. The number of carbonyl (C=O) groups is 1. The van der Waals surface area contributed by atoms with E-state index in [1.165, 1.54) is 24.1 Å². The van der Waals surface area contributed by atoms with Crippen LogP contribution >= 0.6 is 0 Å². The predicted molar refractivity (Wildman–Crippen MR) is 118 cm³/mol. The minimum Gasteiger partial charge on any atom is -0.310 e. The van der Waals surface area contributed by atoms with Gasteiger partial charge in [-0.05, 0) is 43.2 Å². The molecule has 4 aromatic rings. The van der Waals surface area contributed by atoms with Crippen LogP contribution in [0, 0.1) is 23.5 Å². The number of nitrogens with zero attached hydrogens (tertiary/aromatic N) is 5. The van der Waals surface area contributed by atoms with Crippen LogP contribution in [0.5, 0.6) is 0 Å². The number of benzene rings is 1. The lowest BCUT2D eigenvalue weighted by molar-refractivity contribution is -0.111. The average molecular weight is 444 g/mol. The lowest BCUT2D eigenvalue weighted by Gasteiger charge is -2.24. The second kappa shape index (κ2) is 7.98. The predicted octanol–water partition coefficient (Wildman–Crippen LogP) is 3.80. The third kappa shape index (κ3) is 3.65. The monoisotopic (exact) mass is 444 g/mol. The summed E-state index contributed by atoms with van der Waals surface area (Å²) in [5.74, 6) is 4.25. The van der Waals surface area contributed by atoms with Gasteiger partial charge in [-0.2, -0.15) is 5.10 Å². The van der Waals surface area contributed by atoms with Crippen LogP contribution in [0.1, 0.15) is 24.0 Å². The summed E-state index contributed by atoms with van der Waals surface area (Å²) in [6.45, 7) is 0. The Balaban J connectivity index is 1.55. The lowest BCUT2D eigenvalue weighted by atomic mass is 10.1. The highest BCUT2D eigenvalue weighted by atomic mass is 19.1. The first-order valence-electron chi connectivity index (χ1n) is 10.2. The van der Waals surface area contributed by atoms with E-state index in [2.05, 4.69) is 32.0 Å². The molecule has 1 N–H and O–H groups in total. The molecule has 0 atom stereocenters. The molecule has 0 spiro atoms. The fourth-order valence-electron chi connectivity index (χ4n) is 3.76. The van der Waals surface area contributed by atoms with Gasteiger partial charge in [0.25, 0.3) is 0 Å². The van der Waals surface area contributed by atoms with Crippen molar-refractivity contribution in [2.75, 3.05) is 11.9 Å². The van der Waals surface area contributed by atoms with Crippen LogP contribution in [0.25, 0.3) is 11.4 Å². The van der Waals surface area contributed by atoms with Crippen LogP contribution < -0.4 is 4.90 Å². The van der Waals surface area contributed by atoms with Crippen molar-refractivity contribution in [3.8, 4) is 23.2 Å². The molecule has 0 amide bonds. The number of aldehydes is 1. The van der Waals surface area contributed by atoms with Gasteiger partial charge in [0.15, 0.2) is 11.6 Å². The molecular formula is C24H18F2N6O. The summed E-state index contributed by atoms with van der Waals surface area (Å²) in [7, 11) is 1.51. The lowest BCUT2D eigenvalue weighted by Crippen LogP contribution is -2.26. The van der Waals surface area contributed by atoms with Crippen molar-refractivity contribution in [2.45, 2.75) is 18.4 Å². The van der Waals surface area contributed by atoms with E-state index >= 15 is 8.78 Å². The normalized spacial score (nSPS) is 13.8. The standard InChI is InChI=1S/C24H18F2N6O/c1-31(22-18(25)11-17(12-19(22)26)5-4-16-3-2-9-27-13-16)23-28-14-21(20-6-10-29-30-20)32(23)24(15-33)7-8-24/h2-3,6,9-15H,7-8H2,1H3,(H,29,30). The van der Waals surface area contributed by atoms with Gasteiger partial charge in [-0.25, -0.2) is 13.8 Å². The topological polar surface area (TPSA) is 79.7 Å². The zero-order valence-corrected chi connectivity index (χ0v) is 17.6. The number of rotatable bonds is 5. The zero-order valence-electron chi connectivity index (χ0n) is 17.6. The molecule has 0 aliphatic heterocycles. The summed E-state index contributed by atoms with van der Waals surface area (Å²) in [6.07, 6.45) is 8.46. The molecular weight excluding hydrogens is 426 g/mol. The van der Waals surface area contributed by atoms with Crippen LogP contribution in [0.3, 0.4) is 0 Å². The van der Waals surface area contributed by atoms with Gasteiger partial charge < -0.3 is 9.69 Å². The highest BCUT2D eigenvalue weighted by Gasteiger charge is 2.48. The van der Waals surface area contributed by atoms with Crippen LogP contribution in [-0.2, 0) is 10.3 Å². The first kappa shape index (κ1) is 20.6. The van der Waals surface area contributed by atoms with Crippen molar-refractivity contribution in [1.82, 2.24) is 24.7 Å². The molecule has 0 radical (unpaired) electrons. The number of carbonyl (C=O) groups excluding carboxylic acids is 1. The summed E-state index contributed by atoms with van der Waals surface area (Å²) in [6, 6.07) is 7.58. The molecule has 3 heterocycles. The van der Waals surface area contributed by atoms with E-state index in [4.69, 9.17) is 0 Å². The largest absolute Gasteiger partial charge is 0.310 e. The van der Waals surface area contributed by atoms with E-state index in [1.807, 2.05) is 0 Å². The second-order valence-electron chi connectivity index (χ2n) is 7.80. The number of aromatic amines is 1. The maximum absolute atomic E-state index is 15.1. The fourth-order valence-corrected chi connectivity index (χ4v) is 3.76. The number of aromatic nitrogens is 5. The summed E-state index contributed by atoms with van der Waals surface area (Å²) < 4.78 is 31.9. The summed E-state index contributed by atoms with van der Waals surface area (Å²) >= 11 is 0. The van der Waals surface area contributed by atoms with Crippen LogP contribution in [0.2, 0.25) is 0 Å². The Hall–Kier alpha value is -4.32. The number of nitrogens with one attached hydrogen (secondary N) is 1. The number of halogens is 2. The Labute approximate surface area is 188 Å². The molecule has 0 unspecified atom stereocenters. The van der Waals surface area contributed by atoms with Gasteiger partial charge in [0.05, 0.1) is 11.9 Å². The first-order chi connectivity index (χ1) is 16.0. The second-order valence-corrected chi connectivity index (χ2v) is 7.80. The molecule has 7 nitrogen and oxygen atoms in total. The van der Waals surface area contributed by atoms with Gasteiger partial charge in [-0.3, -0.25) is 14.6 Å². The van der Waals surface area contributed by atoms with Gasteiger partial charge in [-0.1, -0.05) is 11.8 Å². The summed E-state index contributed by atoms with van der Waals surface area (Å²) in [4.78, 5) is 21.6. The van der Waals surface area contributed by atoms with Crippen LogP contribution in [-0.4, -0.2) is 38.1 Å². The zero-order chi connectivity index (χ0) is 23.0. The Morgan fingerprint density at radius 2 is 1.91 bits per heavy atom. The molecule has 5 rings (SSSR count). The van der Waals surface area contributed by atoms with Gasteiger partial charge in [0, 0.05) is 36.8 Å². The summed E-state index contributed by atoms with van der Waals surface area (Å²) in [5.41, 5.74) is 0.897. The van der Waals surface area contributed by atoms with Crippen LogP contribution in [0.15, 0.2) is 55.1 Å². The fraction of sp³-hybridized carbons (Fsp3) is 0.167. The first-order valence-corrected chi connectivity index (χ1v) is 10.2. The minimum atomic E-state index is -0.809. The van der Waals surface area contributed by atoms with E-state index in [9.17, 15) is 4.79 Å². The molecule has 0 saturated heterocycles. The molecule has 33 heavy (non-hydrogen) atoms. The van der Waals surface area contributed by atoms with Gasteiger partial charge in [0.1, 0.15) is 23.2 Å². The molecule has 1 fully saturated rings. The van der Waals surface area contributed by atoms with Crippen molar-refractivity contribution in [1.29, 1.82) is 0 Å². The van der Waals surface area contributed by atoms with E-state index in [1.54, 1.807) is 47.6 Å².